The van der Waals surface area contributed by atoms with Gasteiger partial charge in [0.2, 0.25) is 0 Å². The van der Waals surface area contributed by atoms with Gasteiger partial charge in [-0.3, -0.25) is 5.41 Å². The molecule has 3 nitrogen and oxygen atoms in total. The van der Waals surface area contributed by atoms with Crippen molar-refractivity contribution >= 4 is 11.5 Å². The topological polar surface area (TPSA) is 53.1 Å². The van der Waals surface area contributed by atoms with Crippen molar-refractivity contribution in [3.63, 3.8) is 0 Å². The minimum absolute atomic E-state index is 0.0597. The number of alkyl halides is 5. The van der Waals surface area contributed by atoms with Crippen LogP contribution in [-0.2, 0) is 0 Å². The zero-order valence-corrected chi connectivity index (χ0v) is 11.1. The van der Waals surface area contributed by atoms with Gasteiger partial charge in [-0.2, -0.15) is 13.2 Å². The number of nitrogens with one attached hydrogen (secondary N) is 1. The summed E-state index contributed by atoms with van der Waals surface area (Å²) in [4.78, 5) is 0.388. The van der Waals surface area contributed by atoms with Crippen LogP contribution in [-0.4, -0.2) is 35.4 Å². The lowest BCUT2D eigenvalue weighted by Gasteiger charge is -2.29. The number of hydrogen-bond donors (Lipinski definition) is 2. The lowest BCUT2D eigenvalue weighted by molar-refractivity contribution is -0.169. The average molecular weight is 307 g/mol. The van der Waals surface area contributed by atoms with Gasteiger partial charge in [-0.1, -0.05) is 12.1 Å². The average Bonchev–Trinajstić information content (AvgIpc) is 2.65. The number of aryl methyl sites for hydroxylation is 1. The molecule has 1 saturated heterocycles. The van der Waals surface area contributed by atoms with Crippen molar-refractivity contribution in [3.05, 3.63) is 29.3 Å². The van der Waals surface area contributed by atoms with Gasteiger partial charge in [-0.25, -0.2) is 8.78 Å². The number of hydrogen-bond acceptors (Lipinski definition) is 2. The standard InChI is InChI=1S/C13H14F5N3/c1-7-3-2-4-8(19)10(7)11(20)21-6-12(14,15)5-9(21)13(16,17)18/h2-4,9,20H,5-6,19H2,1H3. The highest BCUT2D eigenvalue weighted by atomic mass is 19.4. The van der Waals surface area contributed by atoms with Crippen molar-refractivity contribution in [2.45, 2.75) is 31.5 Å². The van der Waals surface area contributed by atoms with Crippen LogP contribution in [0, 0.1) is 12.3 Å². The maximum Gasteiger partial charge on any atom is 0.409 e. The third kappa shape index (κ3) is 2.93. The summed E-state index contributed by atoms with van der Waals surface area (Å²) >= 11 is 0. The fraction of sp³-hybridized carbons (Fsp3) is 0.462. The van der Waals surface area contributed by atoms with Crippen LogP contribution in [0.15, 0.2) is 18.2 Å². The Bertz CT molecular complexity index is 547. The number of nitrogen functional groups attached to an aromatic ring is 1. The second kappa shape index (κ2) is 4.85. The molecule has 1 heterocycles. The molecule has 0 saturated carbocycles. The molecule has 1 aromatic rings. The normalized spacial score (nSPS) is 21.6. The van der Waals surface area contributed by atoms with E-state index in [1.807, 2.05) is 0 Å². The molecule has 0 aromatic heterocycles. The molecule has 1 unspecified atom stereocenters. The maximum atomic E-state index is 13.4. The van der Waals surface area contributed by atoms with Crippen LogP contribution in [0.5, 0.6) is 0 Å². The molecule has 21 heavy (non-hydrogen) atoms. The first-order valence-electron chi connectivity index (χ1n) is 6.18. The van der Waals surface area contributed by atoms with Gasteiger partial charge >= 0.3 is 6.18 Å². The van der Waals surface area contributed by atoms with Crippen LogP contribution < -0.4 is 5.73 Å². The number of halogens is 5. The van der Waals surface area contributed by atoms with Crippen molar-refractivity contribution in [2.24, 2.45) is 0 Å². The van der Waals surface area contributed by atoms with Crippen molar-refractivity contribution in [3.8, 4) is 0 Å². The molecule has 3 N–H and O–H groups in total. The van der Waals surface area contributed by atoms with Gasteiger partial charge in [-0.15, -0.1) is 0 Å². The quantitative estimate of drug-likeness (QED) is 0.362. The van der Waals surface area contributed by atoms with E-state index in [9.17, 15) is 22.0 Å². The van der Waals surface area contributed by atoms with Crippen LogP contribution in [0.2, 0.25) is 0 Å². The number of likely N-dealkylation sites (tertiary alicyclic amines) is 1. The third-order valence-electron chi connectivity index (χ3n) is 3.48. The summed E-state index contributed by atoms with van der Waals surface area (Å²) in [7, 11) is 0. The smallest absolute Gasteiger partial charge is 0.398 e. The van der Waals surface area contributed by atoms with E-state index in [0.29, 0.717) is 10.5 Å². The second-order valence-electron chi connectivity index (χ2n) is 5.13. The molecule has 0 amide bonds. The molecule has 0 bridgehead atoms. The van der Waals surface area contributed by atoms with E-state index < -0.39 is 36.9 Å². The monoisotopic (exact) mass is 307 g/mol. The fourth-order valence-electron chi connectivity index (χ4n) is 2.50. The first-order valence-corrected chi connectivity index (χ1v) is 6.18. The van der Waals surface area contributed by atoms with Crippen molar-refractivity contribution < 1.29 is 22.0 Å². The van der Waals surface area contributed by atoms with Gasteiger partial charge in [0.1, 0.15) is 11.9 Å². The number of amidine groups is 1. The molecule has 1 fully saturated rings. The molecular weight excluding hydrogens is 293 g/mol. The van der Waals surface area contributed by atoms with Crippen molar-refractivity contribution in [1.29, 1.82) is 5.41 Å². The molecular formula is C13H14F5N3. The molecule has 1 aliphatic heterocycles. The van der Waals surface area contributed by atoms with E-state index in [4.69, 9.17) is 11.1 Å². The Hall–Kier alpha value is -1.86. The van der Waals surface area contributed by atoms with Crippen LogP contribution in [0.3, 0.4) is 0 Å². The highest BCUT2D eigenvalue weighted by Crippen LogP contribution is 2.41. The Morgan fingerprint density at radius 3 is 2.52 bits per heavy atom. The fourth-order valence-corrected chi connectivity index (χ4v) is 2.50. The molecule has 2 rings (SSSR count). The number of anilines is 1. The van der Waals surface area contributed by atoms with Crippen molar-refractivity contribution in [1.82, 2.24) is 4.90 Å². The van der Waals surface area contributed by atoms with E-state index in [1.165, 1.54) is 6.07 Å². The number of rotatable bonds is 1. The molecule has 0 radical (unpaired) electrons. The summed E-state index contributed by atoms with van der Waals surface area (Å²) in [6.07, 6.45) is -6.17. The number of nitrogens with zero attached hydrogens (tertiary/aromatic N) is 1. The van der Waals surface area contributed by atoms with Crippen LogP contribution in [0.1, 0.15) is 17.5 Å². The largest absolute Gasteiger partial charge is 0.409 e. The molecule has 1 aromatic carbocycles. The number of nitrogens with two attached hydrogens (primary N) is 1. The molecule has 8 heteroatoms. The zero-order valence-electron chi connectivity index (χ0n) is 11.1. The minimum atomic E-state index is -4.83. The van der Waals surface area contributed by atoms with Crippen LogP contribution in [0.4, 0.5) is 27.6 Å². The maximum absolute atomic E-state index is 13.4. The van der Waals surface area contributed by atoms with Gasteiger partial charge in [0, 0.05) is 17.7 Å². The molecule has 0 aliphatic carbocycles. The van der Waals surface area contributed by atoms with Crippen molar-refractivity contribution in [2.75, 3.05) is 12.3 Å². The summed E-state index contributed by atoms with van der Waals surface area (Å²) in [5.74, 6) is -4.10. The minimum Gasteiger partial charge on any atom is -0.398 e. The van der Waals surface area contributed by atoms with Gasteiger partial charge < -0.3 is 10.6 Å². The summed E-state index contributed by atoms with van der Waals surface area (Å²) < 4.78 is 65.6. The highest BCUT2D eigenvalue weighted by Gasteiger charge is 2.57. The van der Waals surface area contributed by atoms with Gasteiger partial charge in [0.25, 0.3) is 5.92 Å². The Balaban J connectivity index is 2.42. The van der Waals surface area contributed by atoms with Crippen LogP contribution >= 0.6 is 0 Å². The Kier molecular flexibility index (Phi) is 3.59. The summed E-state index contributed by atoms with van der Waals surface area (Å²) in [5, 5.41) is 7.91. The lowest BCUT2D eigenvalue weighted by atomic mass is 10.0. The van der Waals surface area contributed by atoms with Crippen LogP contribution in [0.25, 0.3) is 0 Å². The number of benzene rings is 1. The first-order chi connectivity index (χ1) is 9.53. The second-order valence-corrected chi connectivity index (χ2v) is 5.13. The summed E-state index contributed by atoms with van der Waals surface area (Å²) in [6, 6.07) is 2.20. The molecule has 116 valence electrons. The Labute approximate surface area is 118 Å². The van der Waals surface area contributed by atoms with E-state index in [-0.39, 0.29) is 11.3 Å². The van der Waals surface area contributed by atoms with Gasteiger partial charge in [0.15, 0.2) is 0 Å². The summed E-state index contributed by atoms with van der Waals surface area (Å²) in [5.41, 5.74) is 6.30. The Morgan fingerprint density at radius 2 is 2.00 bits per heavy atom. The predicted octanol–water partition coefficient (Wildman–Crippen LogP) is 3.17. The first kappa shape index (κ1) is 15.5. The highest BCUT2D eigenvalue weighted by molar-refractivity contribution is 6.02. The van der Waals surface area contributed by atoms with Gasteiger partial charge in [0.05, 0.1) is 6.54 Å². The van der Waals surface area contributed by atoms with E-state index in [1.54, 1.807) is 19.1 Å². The third-order valence-corrected chi connectivity index (χ3v) is 3.48. The van der Waals surface area contributed by atoms with Gasteiger partial charge in [-0.05, 0) is 18.6 Å². The molecule has 1 atom stereocenters. The lowest BCUT2D eigenvalue weighted by Crippen LogP contribution is -2.45. The summed E-state index contributed by atoms with van der Waals surface area (Å²) in [6.45, 7) is 0.431. The Morgan fingerprint density at radius 1 is 1.38 bits per heavy atom. The zero-order chi connectivity index (χ0) is 16.0. The van der Waals surface area contributed by atoms with E-state index in [0.717, 1.165) is 0 Å². The van der Waals surface area contributed by atoms with E-state index >= 15 is 0 Å². The predicted molar refractivity (Wildman–Crippen MR) is 68.5 cm³/mol. The molecule has 1 aliphatic rings. The molecule has 0 spiro atoms. The van der Waals surface area contributed by atoms with E-state index in [2.05, 4.69) is 0 Å². The SMILES string of the molecule is Cc1cccc(N)c1C(=N)N1CC(F)(F)CC1C(F)(F)F.